The Hall–Kier alpha value is -2.14. The van der Waals surface area contributed by atoms with E-state index >= 15 is 0 Å². The van der Waals surface area contributed by atoms with Gasteiger partial charge in [-0.25, -0.2) is 0 Å². The van der Waals surface area contributed by atoms with Gasteiger partial charge < -0.3 is 10.6 Å². The van der Waals surface area contributed by atoms with Crippen LogP contribution < -0.4 is 10.6 Å². The number of carbonyl (C=O) groups excluding carboxylic acids is 2. The maximum absolute atomic E-state index is 12.0. The molecule has 2 aromatic rings. The van der Waals surface area contributed by atoms with E-state index in [1.165, 1.54) is 5.56 Å². The Kier molecular flexibility index (Phi) is 7.19. The molecular formula is C20H23BrN2O2. The molecule has 0 atom stereocenters. The molecule has 5 heteroatoms. The minimum absolute atomic E-state index is 0.0413. The molecular weight excluding hydrogens is 380 g/mol. The summed E-state index contributed by atoms with van der Waals surface area (Å²) in [7, 11) is 0. The molecule has 0 saturated heterocycles. The second kappa shape index (κ2) is 9.37. The third kappa shape index (κ3) is 7.10. The van der Waals surface area contributed by atoms with Crippen LogP contribution in [0.1, 0.15) is 25.0 Å². The predicted octanol–water partition coefficient (Wildman–Crippen LogP) is 3.95. The van der Waals surface area contributed by atoms with Crippen molar-refractivity contribution in [3.8, 4) is 0 Å². The first-order chi connectivity index (χ1) is 11.9. The number of hydrogen-bond donors (Lipinski definition) is 2. The van der Waals surface area contributed by atoms with Crippen molar-refractivity contribution < 1.29 is 9.59 Å². The normalized spacial score (nSPS) is 10.6. The first kappa shape index (κ1) is 19.2. The Bertz CT molecular complexity index is 709. The molecule has 2 N–H and O–H groups in total. The maximum Gasteiger partial charge on any atom is 0.243 e. The van der Waals surface area contributed by atoms with Crippen molar-refractivity contribution in [2.45, 2.75) is 26.7 Å². The molecule has 132 valence electrons. The average Bonchev–Trinajstić information content (AvgIpc) is 2.56. The highest BCUT2D eigenvalue weighted by atomic mass is 79.9. The molecule has 0 unspecified atom stereocenters. The Labute approximate surface area is 157 Å². The van der Waals surface area contributed by atoms with Crippen molar-refractivity contribution in [2.75, 3.05) is 11.9 Å². The minimum Gasteiger partial charge on any atom is -0.347 e. The highest BCUT2D eigenvalue weighted by molar-refractivity contribution is 9.10. The summed E-state index contributed by atoms with van der Waals surface area (Å²) in [4.78, 5) is 23.8. The van der Waals surface area contributed by atoms with Gasteiger partial charge in [0.15, 0.2) is 0 Å². The zero-order valence-electron chi connectivity index (χ0n) is 14.5. The highest BCUT2D eigenvalue weighted by Crippen LogP contribution is 2.14. The largest absolute Gasteiger partial charge is 0.347 e. The van der Waals surface area contributed by atoms with Crippen LogP contribution in [0.25, 0.3) is 0 Å². The van der Waals surface area contributed by atoms with Crippen LogP contribution in [0.4, 0.5) is 5.69 Å². The topological polar surface area (TPSA) is 58.2 Å². The van der Waals surface area contributed by atoms with E-state index in [0.29, 0.717) is 11.6 Å². The third-order valence-corrected chi connectivity index (χ3v) is 4.13. The monoisotopic (exact) mass is 402 g/mol. The van der Waals surface area contributed by atoms with Gasteiger partial charge in [-0.1, -0.05) is 54.0 Å². The fourth-order valence-electron chi connectivity index (χ4n) is 2.43. The van der Waals surface area contributed by atoms with Crippen LogP contribution in [0.2, 0.25) is 0 Å². The molecule has 0 fully saturated rings. The molecule has 0 aliphatic rings. The van der Waals surface area contributed by atoms with Crippen molar-refractivity contribution in [3.05, 3.63) is 64.1 Å². The summed E-state index contributed by atoms with van der Waals surface area (Å²) in [5.74, 6) is 0.198. The lowest BCUT2D eigenvalue weighted by Gasteiger charge is -2.08. The van der Waals surface area contributed by atoms with Gasteiger partial charge in [0, 0.05) is 10.2 Å². The molecule has 2 amide bonds. The summed E-state index contributed by atoms with van der Waals surface area (Å²) in [6, 6.07) is 15.3. The van der Waals surface area contributed by atoms with E-state index in [0.717, 1.165) is 16.5 Å². The van der Waals surface area contributed by atoms with Crippen LogP contribution in [-0.4, -0.2) is 18.4 Å². The Morgan fingerprint density at radius 2 is 1.52 bits per heavy atom. The molecule has 0 bridgehead atoms. The first-order valence-corrected chi connectivity index (χ1v) is 9.11. The van der Waals surface area contributed by atoms with Crippen LogP contribution in [0.5, 0.6) is 0 Å². The van der Waals surface area contributed by atoms with Crippen LogP contribution in [-0.2, 0) is 22.4 Å². The fraction of sp³-hybridized carbons (Fsp3) is 0.300. The number of anilines is 1. The van der Waals surface area contributed by atoms with Gasteiger partial charge in [-0.15, -0.1) is 0 Å². The van der Waals surface area contributed by atoms with Gasteiger partial charge >= 0.3 is 0 Å². The fourth-order valence-corrected chi connectivity index (χ4v) is 2.69. The summed E-state index contributed by atoms with van der Waals surface area (Å²) in [6.45, 7) is 4.32. The Morgan fingerprint density at radius 3 is 2.12 bits per heavy atom. The smallest absolute Gasteiger partial charge is 0.243 e. The zero-order chi connectivity index (χ0) is 18.2. The Morgan fingerprint density at radius 1 is 0.920 bits per heavy atom. The number of nitrogens with one attached hydrogen (secondary N) is 2. The number of amides is 2. The number of rotatable bonds is 7. The minimum atomic E-state index is -0.247. The number of halogens is 1. The molecule has 2 rings (SSSR count). The van der Waals surface area contributed by atoms with Crippen molar-refractivity contribution in [1.29, 1.82) is 0 Å². The maximum atomic E-state index is 12.0. The van der Waals surface area contributed by atoms with Crippen molar-refractivity contribution >= 4 is 33.4 Å². The lowest BCUT2D eigenvalue weighted by atomic mass is 10.0. The molecule has 0 aromatic heterocycles. The van der Waals surface area contributed by atoms with E-state index in [1.807, 2.05) is 24.3 Å². The molecule has 0 spiro atoms. The molecule has 0 aliphatic carbocycles. The van der Waals surface area contributed by atoms with Crippen molar-refractivity contribution in [1.82, 2.24) is 5.32 Å². The predicted molar refractivity (Wildman–Crippen MR) is 104 cm³/mol. The summed E-state index contributed by atoms with van der Waals surface area (Å²) in [5.41, 5.74) is 2.91. The SMILES string of the molecule is CC(C)Cc1ccc(CC(=O)NCC(=O)Nc2ccc(Br)cc2)cc1. The molecule has 0 heterocycles. The zero-order valence-corrected chi connectivity index (χ0v) is 16.1. The summed E-state index contributed by atoms with van der Waals surface area (Å²) in [6.07, 6.45) is 1.30. The van der Waals surface area contributed by atoms with E-state index in [9.17, 15) is 9.59 Å². The average molecular weight is 403 g/mol. The van der Waals surface area contributed by atoms with Gasteiger partial charge in [0.25, 0.3) is 0 Å². The van der Waals surface area contributed by atoms with Crippen LogP contribution in [0.3, 0.4) is 0 Å². The van der Waals surface area contributed by atoms with Crippen LogP contribution in [0.15, 0.2) is 53.0 Å². The number of benzene rings is 2. The van der Waals surface area contributed by atoms with Gasteiger partial charge in [-0.05, 0) is 47.7 Å². The number of hydrogen-bond acceptors (Lipinski definition) is 2. The van der Waals surface area contributed by atoms with E-state index < -0.39 is 0 Å². The van der Waals surface area contributed by atoms with Gasteiger partial charge in [0.2, 0.25) is 11.8 Å². The molecule has 2 aromatic carbocycles. The van der Waals surface area contributed by atoms with Crippen LogP contribution in [0, 0.1) is 5.92 Å². The lowest BCUT2D eigenvalue weighted by Crippen LogP contribution is -2.33. The molecule has 0 aliphatic heterocycles. The molecule has 0 radical (unpaired) electrons. The standard InChI is InChI=1S/C20H23BrN2O2/c1-14(2)11-15-3-5-16(6-4-15)12-19(24)22-13-20(25)23-18-9-7-17(21)8-10-18/h3-10,14H,11-13H2,1-2H3,(H,22,24)(H,23,25). The van der Waals surface area contributed by atoms with E-state index in [-0.39, 0.29) is 24.8 Å². The molecule has 0 saturated carbocycles. The van der Waals surface area contributed by atoms with Crippen LogP contribution >= 0.6 is 15.9 Å². The summed E-state index contributed by atoms with van der Waals surface area (Å²) >= 11 is 3.34. The number of carbonyl (C=O) groups is 2. The quantitative estimate of drug-likeness (QED) is 0.736. The Balaban J connectivity index is 1.76. The van der Waals surface area contributed by atoms with E-state index in [2.05, 4.69) is 52.5 Å². The second-order valence-electron chi connectivity index (χ2n) is 6.42. The van der Waals surface area contributed by atoms with Gasteiger partial charge in [-0.2, -0.15) is 0 Å². The van der Waals surface area contributed by atoms with Gasteiger partial charge in [0.1, 0.15) is 0 Å². The van der Waals surface area contributed by atoms with Crippen molar-refractivity contribution in [3.63, 3.8) is 0 Å². The lowest BCUT2D eigenvalue weighted by molar-refractivity contribution is -0.123. The first-order valence-electron chi connectivity index (χ1n) is 8.32. The summed E-state index contributed by atoms with van der Waals surface area (Å²) in [5, 5.41) is 5.39. The second-order valence-corrected chi connectivity index (χ2v) is 7.34. The van der Waals surface area contributed by atoms with Gasteiger partial charge in [0.05, 0.1) is 13.0 Å². The van der Waals surface area contributed by atoms with E-state index in [4.69, 9.17) is 0 Å². The highest BCUT2D eigenvalue weighted by Gasteiger charge is 2.07. The summed E-state index contributed by atoms with van der Waals surface area (Å²) < 4.78 is 0.943. The van der Waals surface area contributed by atoms with Gasteiger partial charge in [-0.3, -0.25) is 9.59 Å². The third-order valence-electron chi connectivity index (χ3n) is 3.61. The molecule has 25 heavy (non-hydrogen) atoms. The van der Waals surface area contributed by atoms with E-state index in [1.54, 1.807) is 12.1 Å². The molecule has 4 nitrogen and oxygen atoms in total. The van der Waals surface area contributed by atoms with Crippen molar-refractivity contribution in [2.24, 2.45) is 5.92 Å².